The van der Waals surface area contributed by atoms with Crippen LogP contribution in [0, 0.1) is 0 Å². The van der Waals surface area contributed by atoms with Gasteiger partial charge in [-0.2, -0.15) is 0 Å². The average molecular weight is 354 g/mol. The highest BCUT2D eigenvalue weighted by molar-refractivity contribution is 7.88. The topological polar surface area (TPSA) is 106 Å². The first-order valence-electron chi connectivity index (χ1n) is 7.56. The normalized spacial score (nSPS) is 20.4. The van der Waals surface area contributed by atoms with E-state index >= 15 is 0 Å². The molecule has 8 nitrogen and oxygen atoms in total. The SMILES string of the molecule is O=C(O)OC1=NOC2(CCN(S(=O)(=O)Cc3ccccc3)CC2)C1. The first-order chi connectivity index (χ1) is 11.4. The number of benzene rings is 1. The Hall–Kier alpha value is -2.13. The Balaban J connectivity index is 1.58. The molecule has 0 unspecified atom stereocenters. The lowest BCUT2D eigenvalue weighted by Gasteiger charge is -2.36. The van der Waals surface area contributed by atoms with Crippen molar-refractivity contribution in [2.45, 2.75) is 30.6 Å². The summed E-state index contributed by atoms with van der Waals surface area (Å²) in [5.41, 5.74) is 0.0826. The summed E-state index contributed by atoms with van der Waals surface area (Å²) in [6, 6.07) is 9.03. The maximum Gasteiger partial charge on any atom is 0.512 e. The molecule has 0 saturated carbocycles. The second-order valence-corrected chi connectivity index (χ2v) is 7.91. The predicted molar refractivity (Wildman–Crippen MR) is 84.9 cm³/mol. The van der Waals surface area contributed by atoms with Gasteiger partial charge in [0.05, 0.1) is 12.2 Å². The van der Waals surface area contributed by atoms with E-state index in [0.29, 0.717) is 25.9 Å². The molecule has 0 aromatic heterocycles. The van der Waals surface area contributed by atoms with Gasteiger partial charge < -0.3 is 14.7 Å². The van der Waals surface area contributed by atoms with Gasteiger partial charge in [0.2, 0.25) is 15.9 Å². The summed E-state index contributed by atoms with van der Waals surface area (Å²) in [5, 5.41) is 12.3. The minimum atomic E-state index is -3.40. The molecule has 1 N–H and O–H groups in total. The minimum absolute atomic E-state index is 0.0168. The second-order valence-electron chi connectivity index (χ2n) is 5.94. The molecule has 2 aliphatic rings. The van der Waals surface area contributed by atoms with Crippen molar-refractivity contribution in [1.82, 2.24) is 4.31 Å². The molecule has 1 aromatic carbocycles. The fraction of sp³-hybridized carbons (Fsp3) is 0.467. The fourth-order valence-electron chi connectivity index (χ4n) is 2.96. The third kappa shape index (κ3) is 3.68. The zero-order valence-corrected chi connectivity index (χ0v) is 13.7. The number of ether oxygens (including phenoxy) is 1. The standard InChI is InChI=1S/C15H18N2O6S/c18-14(19)22-13-10-15(23-16-13)6-8-17(9-7-15)24(20,21)11-12-4-2-1-3-5-12/h1-5H,6-11H2,(H,18,19). The molecule has 1 spiro atoms. The summed E-state index contributed by atoms with van der Waals surface area (Å²) >= 11 is 0. The van der Waals surface area contributed by atoms with Crippen LogP contribution in [0.4, 0.5) is 4.79 Å². The second kappa shape index (κ2) is 6.40. The summed E-state index contributed by atoms with van der Waals surface area (Å²) in [6.07, 6.45) is -0.308. The van der Waals surface area contributed by atoms with Crippen molar-refractivity contribution in [1.29, 1.82) is 0 Å². The van der Waals surface area contributed by atoms with Crippen LogP contribution in [0.3, 0.4) is 0 Å². The van der Waals surface area contributed by atoms with E-state index in [4.69, 9.17) is 9.94 Å². The van der Waals surface area contributed by atoms with Gasteiger partial charge in [-0.25, -0.2) is 17.5 Å². The highest BCUT2D eigenvalue weighted by Crippen LogP contribution is 2.35. The average Bonchev–Trinajstić information content (AvgIpc) is 2.90. The van der Waals surface area contributed by atoms with Gasteiger partial charge in [0.1, 0.15) is 5.60 Å². The number of rotatable bonds is 3. The van der Waals surface area contributed by atoms with E-state index in [1.54, 1.807) is 12.1 Å². The molecule has 130 valence electrons. The van der Waals surface area contributed by atoms with Crippen molar-refractivity contribution in [3.63, 3.8) is 0 Å². The van der Waals surface area contributed by atoms with Crippen molar-refractivity contribution in [2.75, 3.05) is 13.1 Å². The highest BCUT2D eigenvalue weighted by Gasteiger charge is 2.45. The molecule has 0 aliphatic carbocycles. The van der Waals surface area contributed by atoms with E-state index in [-0.39, 0.29) is 18.1 Å². The molecule has 3 rings (SSSR count). The molecule has 2 heterocycles. The van der Waals surface area contributed by atoms with Crippen LogP contribution in [0.2, 0.25) is 0 Å². The van der Waals surface area contributed by atoms with Crippen molar-refractivity contribution in [3.8, 4) is 0 Å². The largest absolute Gasteiger partial charge is 0.512 e. The van der Waals surface area contributed by atoms with Gasteiger partial charge in [-0.3, -0.25) is 0 Å². The zero-order valence-electron chi connectivity index (χ0n) is 12.9. The predicted octanol–water partition coefficient (Wildman–Crippen LogP) is 1.78. The molecule has 0 atom stereocenters. The smallest absolute Gasteiger partial charge is 0.449 e. The number of sulfonamides is 1. The first kappa shape index (κ1) is 16.7. The van der Waals surface area contributed by atoms with Crippen LogP contribution in [-0.4, -0.2) is 48.6 Å². The van der Waals surface area contributed by atoms with Gasteiger partial charge in [0.25, 0.3) is 0 Å². The lowest BCUT2D eigenvalue weighted by molar-refractivity contribution is -0.0506. The Morgan fingerprint density at radius 2 is 1.96 bits per heavy atom. The zero-order chi connectivity index (χ0) is 17.2. The van der Waals surface area contributed by atoms with Gasteiger partial charge in [-0.05, 0) is 5.56 Å². The number of carbonyl (C=O) groups is 1. The molecular formula is C15H18N2O6S. The van der Waals surface area contributed by atoms with Gasteiger partial charge in [-0.15, -0.1) is 0 Å². The molecule has 0 bridgehead atoms. The minimum Gasteiger partial charge on any atom is -0.449 e. The van der Waals surface area contributed by atoms with Crippen molar-refractivity contribution < 1.29 is 27.9 Å². The van der Waals surface area contributed by atoms with Crippen LogP contribution in [-0.2, 0) is 25.4 Å². The molecule has 1 fully saturated rings. The Bertz CT molecular complexity index is 738. The molecule has 2 aliphatic heterocycles. The van der Waals surface area contributed by atoms with E-state index in [1.165, 1.54) is 4.31 Å². The van der Waals surface area contributed by atoms with Crippen LogP contribution in [0.15, 0.2) is 35.5 Å². The number of oxime groups is 1. The van der Waals surface area contributed by atoms with E-state index in [2.05, 4.69) is 9.89 Å². The molecular weight excluding hydrogens is 336 g/mol. The number of hydrogen-bond acceptors (Lipinski definition) is 6. The molecule has 9 heteroatoms. The van der Waals surface area contributed by atoms with E-state index < -0.39 is 21.8 Å². The van der Waals surface area contributed by atoms with Crippen molar-refractivity contribution >= 4 is 22.1 Å². The monoisotopic (exact) mass is 354 g/mol. The number of carboxylic acid groups (broad SMARTS) is 1. The summed E-state index contributed by atoms with van der Waals surface area (Å²) in [6.45, 7) is 0.621. The Labute approximate surface area is 139 Å². The van der Waals surface area contributed by atoms with E-state index in [9.17, 15) is 13.2 Å². The van der Waals surface area contributed by atoms with Crippen LogP contribution in [0.25, 0.3) is 0 Å². The summed E-state index contributed by atoms with van der Waals surface area (Å²) in [7, 11) is -3.40. The van der Waals surface area contributed by atoms with Gasteiger partial charge in [0.15, 0.2) is 0 Å². The van der Waals surface area contributed by atoms with Gasteiger partial charge >= 0.3 is 6.16 Å². The maximum absolute atomic E-state index is 12.5. The van der Waals surface area contributed by atoms with Crippen molar-refractivity contribution in [3.05, 3.63) is 35.9 Å². The third-order valence-electron chi connectivity index (χ3n) is 4.24. The fourth-order valence-corrected chi connectivity index (χ4v) is 4.49. The molecule has 24 heavy (non-hydrogen) atoms. The molecule has 0 radical (unpaired) electrons. The van der Waals surface area contributed by atoms with E-state index in [1.807, 2.05) is 18.2 Å². The summed E-state index contributed by atoms with van der Waals surface area (Å²) in [5.74, 6) is -0.0194. The summed E-state index contributed by atoms with van der Waals surface area (Å²) < 4.78 is 31.0. The maximum atomic E-state index is 12.5. The Morgan fingerprint density at radius 1 is 1.29 bits per heavy atom. The van der Waals surface area contributed by atoms with Crippen LogP contribution >= 0.6 is 0 Å². The van der Waals surface area contributed by atoms with Crippen molar-refractivity contribution in [2.24, 2.45) is 5.16 Å². The molecule has 0 amide bonds. The van der Waals surface area contributed by atoms with Crippen LogP contribution < -0.4 is 0 Å². The third-order valence-corrected chi connectivity index (χ3v) is 6.09. The quantitative estimate of drug-likeness (QED) is 0.830. The molecule has 1 aromatic rings. The number of nitrogens with zero attached hydrogens (tertiary/aromatic N) is 2. The van der Waals surface area contributed by atoms with Crippen LogP contribution in [0.1, 0.15) is 24.8 Å². The first-order valence-corrected chi connectivity index (χ1v) is 9.17. The van der Waals surface area contributed by atoms with E-state index in [0.717, 1.165) is 5.56 Å². The summed E-state index contributed by atoms with van der Waals surface area (Å²) in [4.78, 5) is 15.9. The number of hydrogen-bond donors (Lipinski definition) is 1. The lowest BCUT2D eigenvalue weighted by atomic mass is 9.89. The molecule has 1 saturated heterocycles. The van der Waals surface area contributed by atoms with Gasteiger partial charge in [-0.1, -0.05) is 35.5 Å². The van der Waals surface area contributed by atoms with Crippen LogP contribution in [0.5, 0.6) is 0 Å². The Morgan fingerprint density at radius 3 is 2.58 bits per heavy atom. The highest BCUT2D eigenvalue weighted by atomic mass is 32.2. The lowest BCUT2D eigenvalue weighted by Crippen LogP contribution is -2.47. The number of piperidine rings is 1. The Kier molecular flexibility index (Phi) is 4.46. The van der Waals surface area contributed by atoms with Gasteiger partial charge in [0, 0.05) is 25.9 Å².